The zero-order valence-corrected chi connectivity index (χ0v) is 41.7. The van der Waals surface area contributed by atoms with Gasteiger partial charge in [-0.25, -0.2) is 0 Å². The lowest BCUT2D eigenvalue weighted by Crippen LogP contribution is -2.30. The number of esters is 3. The van der Waals surface area contributed by atoms with Crippen LogP contribution in [0, 0.1) is 0 Å². The van der Waals surface area contributed by atoms with Gasteiger partial charge in [0.25, 0.3) is 0 Å². The third-order valence-electron chi connectivity index (χ3n) is 10.4. The van der Waals surface area contributed by atoms with Gasteiger partial charge in [-0.05, 0) is 122 Å². The SMILES string of the molecule is CC/C=C\C/C=C\C/C=C\C/C=C\C/C=C\CCCC(=O)OCC(COC(=O)CCCCC/C=C\C/C=C\C/C=C\CC)OC(=O)CCCCCCCCC/C=C\C/C=C\CCCCC. The van der Waals surface area contributed by atoms with Crippen LogP contribution in [0.1, 0.15) is 213 Å². The Hall–Kier alpha value is -4.19. The van der Waals surface area contributed by atoms with Crippen LogP contribution in [-0.4, -0.2) is 37.2 Å². The fourth-order valence-corrected chi connectivity index (χ4v) is 6.58. The molecule has 0 aliphatic carbocycles. The molecule has 0 aliphatic heterocycles. The molecular weight excluding hydrogens is 805 g/mol. The molecule has 1 unspecified atom stereocenters. The van der Waals surface area contributed by atoms with Crippen LogP contribution in [0.2, 0.25) is 0 Å². The van der Waals surface area contributed by atoms with E-state index < -0.39 is 6.10 Å². The largest absolute Gasteiger partial charge is 0.462 e. The van der Waals surface area contributed by atoms with E-state index >= 15 is 0 Å². The van der Waals surface area contributed by atoms with Crippen molar-refractivity contribution in [2.45, 2.75) is 219 Å². The van der Waals surface area contributed by atoms with Crippen molar-refractivity contribution >= 4 is 17.9 Å². The van der Waals surface area contributed by atoms with Gasteiger partial charge in [0.15, 0.2) is 6.10 Å². The zero-order chi connectivity index (χ0) is 47.2. The van der Waals surface area contributed by atoms with E-state index in [0.29, 0.717) is 19.3 Å². The molecule has 0 N–H and O–H groups in total. The second kappa shape index (κ2) is 52.4. The molecule has 0 fully saturated rings. The minimum atomic E-state index is -0.820. The van der Waals surface area contributed by atoms with Crippen LogP contribution in [-0.2, 0) is 28.6 Å². The van der Waals surface area contributed by atoms with Crippen LogP contribution in [0.3, 0.4) is 0 Å². The van der Waals surface area contributed by atoms with Crippen LogP contribution in [0.25, 0.3) is 0 Å². The summed E-state index contributed by atoms with van der Waals surface area (Å²) in [7, 11) is 0. The number of ether oxygens (including phenoxy) is 3. The highest BCUT2D eigenvalue weighted by atomic mass is 16.6. The summed E-state index contributed by atoms with van der Waals surface area (Å²) in [6.45, 7) is 6.28. The smallest absolute Gasteiger partial charge is 0.306 e. The summed E-state index contributed by atoms with van der Waals surface area (Å²) in [4.78, 5) is 38.0. The van der Waals surface area contributed by atoms with E-state index in [4.69, 9.17) is 14.2 Å². The standard InChI is InChI=1S/C59H94O6/c1-4-7-10-13-16-19-22-25-27-29-31-34-37-40-43-46-49-52-58(61)64-55-56(54-63-57(60)51-48-45-42-39-36-33-24-21-18-15-12-9-6-3)65-59(62)53-50-47-44-41-38-35-32-30-28-26-23-20-17-14-11-8-5-2/h7,9-10,12,16-21,25-28,31,33-34,36,40,43,56H,4-6,8,11,13-15,22-24,29-30,32,35,37-39,41-42,44-55H2,1-3H3/b10-7-,12-9-,19-16-,20-17-,21-18-,27-25-,28-26-,34-31-,36-33-,43-40-. The molecule has 0 spiro atoms. The molecule has 0 radical (unpaired) electrons. The van der Waals surface area contributed by atoms with Crippen LogP contribution in [0.4, 0.5) is 0 Å². The molecule has 0 aromatic carbocycles. The number of unbranched alkanes of at least 4 members (excludes halogenated alkanes) is 14. The monoisotopic (exact) mass is 899 g/mol. The molecule has 0 saturated heterocycles. The van der Waals surface area contributed by atoms with E-state index in [1.54, 1.807) is 0 Å². The average molecular weight is 899 g/mol. The van der Waals surface area contributed by atoms with Crippen molar-refractivity contribution in [2.24, 2.45) is 0 Å². The molecule has 6 nitrogen and oxygen atoms in total. The first-order valence-electron chi connectivity index (χ1n) is 26.0. The molecule has 0 aromatic heterocycles. The highest BCUT2D eigenvalue weighted by molar-refractivity contribution is 5.71. The second-order valence-corrected chi connectivity index (χ2v) is 16.7. The van der Waals surface area contributed by atoms with E-state index in [2.05, 4.69) is 142 Å². The number of hydrogen-bond donors (Lipinski definition) is 0. The zero-order valence-electron chi connectivity index (χ0n) is 41.7. The molecule has 0 amide bonds. The van der Waals surface area contributed by atoms with Gasteiger partial charge >= 0.3 is 17.9 Å². The van der Waals surface area contributed by atoms with Crippen molar-refractivity contribution in [1.29, 1.82) is 0 Å². The third-order valence-corrected chi connectivity index (χ3v) is 10.4. The second-order valence-electron chi connectivity index (χ2n) is 16.7. The van der Waals surface area contributed by atoms with E-state index in [1.165, 1.54) is 51.4 Å². The number of carbonyl (C=O) groups is 3. The molecule has 0 bridgehead atoms. The van der Waals surface area contributed by atoms with Crippen molar-refractivity contribution in [1.82, 2.24) is 0 Å². The molecule has 0 aliphatic rings. The summed E-state index contributed by atoms with van der Waals surface area (Å²) < 4.78 is 16.7. The summed E-state index contributed by atoms with van der Waals surface area (Å²) in [6, 6.07) is 0. The Morgan fingerprint density at radius 1 is 0.323 bits per heavy atom. The Labute approximate surface area is 399 Å². The summed E-state index contributed by atoms with van der Waals surface area (Å²) in [5.41, 5.74) is 0. The summed E-state index contributed by atoms with van der Waals surface area (Å²) >= 11 is 0. The Bertz CT molecular complexity index is 1400. The van der Waals surface area contributed by atoms with E-state index in [9.17, 15) is 14.4 Å². The van der Waals surface area contributed by atoms with Gasteiger partial charge < -0.3 is 14.2 Å². The number of hydrogen-bond acceptors (Lipinski definition) is 6. The Balaban J connectivity index is 4.54. The average Bonchev–Trinajstić information content (AvgIpc) is 3.30. The van der Waals surface area contributed by atoms with Crippen molar-refractivity contribution < 1.29 is 28.6 Å². The molecule has 366 valence electrons. The van der Waals surface area contributed by atoms with E-state index in [0.717, 1.165) is 116 Å². The Kier molecular flexibility index (Phi) is 49.1. The van der Waals surface area contributed by atoms with E-state index in [-0.39, 0.29) is 37.5 Å². The van der Waals surface area contributed by atoms with Gasteiger partial charge in [-0.15, -0.1) is 0 Å². The molecule has 65 heavy (non-hydrogen) atoms. The van der Waals surface area contributed by atoms with Gasteiger partial charge in [0.1, 0.15) is 13.2 Å². The lowest BCUT2D eigenvalue weighted by molar-refractivity contribution is -0.167. The first-order chi connectivity index (χ1) is 32.0. The van der Waals surface area contributed by atoms with E-state index in [1.807, 2.05) is 0 Å². The normalized spacial score (nSPS) is 13.1. The highest BCUT2D eigenvalue weighted by Crippen LogP contribution is 2.13. The van der Waals surface area contributed by atoms with Crippen molar-refractivity contribution in [2.75, 3.05) is 13.2 Å². The van der Waals surface area contributed by atoms with Gasteiger partial charge in [0.2, 0.25) is 0 Å². The van der Waals surface area contributed by atoms with Crippen LogP contribution < -0.4 is 0 Å². The maximum Gasteiger partial charge on any atom is 0.306 e. The summed E-state index contributed by atoms with van der Waals surface area (Å²) in [6.07, 6.45) is 71.9. The first kappa shape index (κ1) is 60.8. The fraction of sp³-hybridized carbons (Fsp3) is 0.610. The van der Waals surface area contributed by atoms with Gasteiger partial charge in [0, 0.05) is 19.3 Å². The minimum absolute atomic E-state index is 0.118. The van der Waals surface area contributed by atoms with Crippen molar-refractivity contribution in [3.8, 4) is 0 Å². The van der Waals surface area contributed by atoms with Crippen LogP contribution >= 0.6 is 0 Å². The lowest BCUT2D eigenvalue weighted by atomic mass is 10.1. The minimum Gasteiger partial charge on any atom is -0.462 e. The first-order valence-corrected chi connectivity index (χ1v) is 26.0. The maximum atomic E-state index is 12.8. The number of carbonyl (C=O) groups excluding carboxylic acids is 3. The molecule has 0 aromatic rings. The van der Waals surface area contributed by atoms with Gasteiger partial charge in [0.05, 0.1) is 0 Å². The molecular formula is C59H94O6. The van der Waals surface area contributed by atoms with Crippen LogP contribution in [0.15, 0.2) is 122 Å². The Morgan fingerprint density at radius 2 is 0.615 bits per heavy atom. The third kappa shape index (κ3) is 50.7. The molecule has 0 rings (SSSR count). The highest BCUT2D eigenvalue weighted by Gasteiger charge is 2.19. The predicted octanol–water partition coefficient (Wildman–Crippen LogP) is 17.3. The number of rotatable bonds is 45. The molecule has 0 heterocycles. The van der Waals surface area contributed by atoms with Gasteiger partial charge in [-0.1, -0.05) is 194 Å². The maximum absolute atomic E-state index is 12.8. The van der Waals surface area contributed by atoms with Crippen molar-refractivity contribution in [3.63, 3.8) is 0 Å². The summed E-state index contributed by atoms with van der Waals surface area (Å²) in [5, 5.41) is 0. The van der Waals surface area contributed by atoms with Gasteiger partial charge in [-0.2, -0.15) is 0 Å². The quantitative estimate of drug-likeness (QED) is 0.0262. The fourth-order valence-electron chi connectivity index (χ4n) is 6.58. The number of allylic oxidation sites excluding steroid dienone is 20. The topological polar surface area (TPSA) is 78.9 Å². The lowest BCUT2D eigenvalue weighted by Gasteiger charge is -2.18. The molecule has 6 heteroatoms. The Morgan fingerprint density at radius 3 is 1.02 bits per heavy atom. The molecule has 1 atom stereocenters. The van der Waals surface area contributed by atoms with Gasteiger partial charge in [-0.3, -0.25) is 14.4 Å². The summed E-state index contributed by atoms with van der Waals surface area (Å²) in [5.74, 6) is -1.02. The van der Waals surface area contributed by atoms with Crippen LogP contribution in [0.5, 0.6) is 0 Å². The van der Waals surface area contributed by atoms with Crippen molar-refractivity contribution in [3.05, 3.63) is 122 Å². The predicted molar refractivity (Wildman–Crippen MR) is 279 cm³/mol. The molecule has 0 saturated carbocycles.